The van der Waals surface area contributed by atoms with Gasteiger partial charge in [0, 0.05) is 5.69 Å². The van der Waals surface area contributed by atoms with Crippen molar-refractivity contribution in [2.24, 2.45) is 5.92 Å². The molecule has 2 heterocycles. The van der Waals surface area contributed by atoms with Gasteiger partial charge in [-0.3, -0.25) is 4.79 Å². The smallest absolute Gasteiger partial charge is 0.258 e. The van der Waals surface area contributed by atoms with Crippen LogP contribution in [0, 0.1) is 19.8 Å². The molecule has 1 amide bonds. The third-order valence-electron chi connectivity index (χ3n) is 3.83. The summed E-state index contributed by atoms with van der Waals surface area (Å²) < 4.78 is 5.13. The van der Waals surface area contributed by atoms with Crippen LogP contribution in [0.25, 0.3) is 11.1 Å². The number of fused-ring (bicyclic) bond motifs is 1. The Morgan fingerprint density at radius 1 is 1.48 bits per heavy atom. The Morgan fingerprint density at radius 3 is 2.81 bits per heavy atom. The highest BCUT2D eigenvalue weighted by Gasteiger charge is 2.22. The molecule has 0 aromatic carbocycles. The fourth-order valence-electron chi connectivity index (χ4n) is 2.30. The number of aliphatic hydroxyl groups is 1. The van der Waals surface area contributed by atoms with Crippen molar-refractivity contribution in [3.63, 3.8) is 0 Å². The molecule has 0 aliphatic rings. The number of aryl methyl sites for hydroxylation is 2. The molecule has 2 atom stereocenters. The summed E-state index contributed by atoms with van der Waals surface area (Å²) in [7, 11) is 0. The topological polar surface area (TPSA) is 88.2 Å². The number of aromatic nitrogens is 2. The van der Waals surface area contributed by atoms with Crippen LogP contribution in [0.2, 0.25) is 0 Å². The Labute approximate surface area is 123 Å². The molecule has 0 bridgehead atoms. The van der Waals surface area contributed by atoms with E-state index in [9.17, 15) is 9.90 Å². The van der Waals surface area contributed by atoms with E-state index in [4.69, 9.17) is 4.52 Å². The number of carbonyl (C=O) groups is 1. The lowest BCUT2D eigenvalue weighted by molar-refractivity contribution is 0.0893. The van der Waals surface area contributed by atoms with Crippen LogP contribution in [0.3, 0.4) is 0 Å². The molecule has 0 saturated heterocycles. The molecule has 114 valence electrons. The minimum absolute atomic E-state index is 0.0867. The largest absolute Gasteiger partial charge is 0.394 e. The standard InChI is InChI=1S/C15H21N3O3/c1-5-8(2)12(7-19)17-14(20)11-6-9(3)16-15-13(11)10(4)18-21-15/h6,8,12,19H,5,7H2,1-4H3,(H,17,20)/t8-,12-/m1/s1. The number of hydrogen-bond acceptors (Lipinski definition) is 5. The first kappa shape index (κ1) is 15.4. The van der Waals surface area contributed by atoms with Gasteiger partial charge in [0.1, 0.15) is 0 Å². The van der Waals surface area contributed by atoms with Crippen molar-refractivity contribution in [3.05, 3.63) is 23.0 Å². The zero-order valence-corrected chi connectivity index (χ0v) is 12.8. The van der Waals surface area contributed by atoms with Gasteiger partial charge in [0.05, 0.1) is 29.3 Å². The van der Waals surface area contributed by atoms with E-state index in [0.29, 0.717) is 28.1 Å². The summed E-state index contributed by atoms with van der Waals surface area (Å²) in [5.41, 5.74) is 2.17. The van der Waals surface area contributed by atoms with Crippen LogP contribution in [0.5, 0.6) is 0 Å². The Morgan fingerprint density at radius 2 is 2.19 bits per heavy atom. The van der Waals surface area contributed by atoms with Crippen molar-refractivity contribution in [3.8, 4) is 0 Å². The molecule has 6 nitrogen and oxygen atoms in total. The van der Waals surface area contributed by atoms with Crippen LogP contribution >= 0.6 is 0 Å². The SMILES string of the molecule is CC[C@@H](C)[C@@H](CO)NC(=O)c1cc(C)nc2onc(C)c12. The van der Waals surface area contributed by atoms with Gasteiger partial charge in [0.25, 0.3) is 11.6 Å². The zero-order valence-electron chi connectivity index (χ0n) is 12.8. The summed E-state index contributed by atoms with van der Waals surface area (Å²) in [6, 6.07) is 1.44. The number of hydrogen-bond donors (Lipinski definition) is 2. The van der Waals surface area contributed by atoms with Crippen molar-refractivity contribution >= 4 is 17.0 Å². The Balaban J connectivity index is 2.37. The highest BCUT2D eigenvalue weighted by molar-refractivity contribution is 6.06. The van der Waals surface area contributed by atoms with Gasteiger partial charge in [-0.1, -0.05) is 25.4 Å². The van der Waals surface area contributed by atoms with Crippen LogP contribution in [-0.4, -0.2) is 33.8 Å². The summed E-state index contributed by atoms with van der Waals surface area (Å²) in [6.45, 7) is 7.51. The molecule has 0 unspecified atom stereocenters. The molecule has 21 heavy (non-hydrogen) atoms. The number of nitrogens with one attached hydrogen (secondary N) is 1. The van der Waals surface area contributed by atoms with Crippen LogP contribution in [0.15, 0.2) is 10.6 Å². The van der Waals surface area contributed by atoms with E-state index in [0.717, 1.165) is 6.42 Å². The number of carbonyl (C=O) groups excluding carboxylic acids is 1. The number of amides is 1. The maximum absolute atomic E-state index is 12.5. The highest BCUT2D eigenvalue weighted by Crippen LogP contribution is 2.22. The Hall–Kier alpha value is -1.95. The normalized spacial score (nSPS) is 14.1. The fourth-order valence-corrected chi connectivity index (χ4v) is 2.30. The first-order chi connectivity index (χ1) is 9.97. The molecule has 2 N–H and O–H groups in total. The molecule has 0 aliphatic heterocycles. The quantitative estimate of drug-likeness (QED) is 0.879. The van der Waals surface area contributed by atoms with Crippen molar-refractivity contribution in [2.45, 2.75) is 40.2 Å². The van der Waals surface area contributed by atoms with E-state index in [1.165, 1.54) is 0 Å². The van der Waals surface area contributed by atoms with Crippen molar-refractivity contribution in [1.29, 1.82) is 0 Å². The number of nitrogens with zero attached hydrogens (tertiary/aromatic N) is 2. The fraction of sp³-hybridized carbons (Fsp3) is 0.533. The molecule has 2 aromatic heterocycles. The second-order valence-corrected chi connectivity index (χ2v) is 5.41. The average molecular weight is 291 g/mol. The van der Waals surface area contributed by atoms with Gasteiger partial charge >= 0.3 is 0 Å². The van der Waals surface area contributed by atoms with Crippen molar-refractivity contribution in [1.82, 2.24) is 15.5 Å². The van der Waals surface area contributed by atoms with E-state index >= 15 is 0 Å². The minimum atomic E-state index is -0.272. The molecular formula is C15H21N3O3. The van der Waals surface area contributed by atoms with Crippen molar-refractivity contribution < 1.29 is 14.4 Å². The molecule has 0 fully saturated rings. The highest BCUT2D eigenvalue weighted by atomic mass is 16.5. The molecule has 6 heteroatoms. The summed E-state index contributed by atoms with van der Waals surface area (Å²) in [5, 5.41) is 16.8. The third-order valence-corrected chi connectivity index (χ3v) is 3.83. The zero-order chi connectivity index (χ0) is 15.6. The van der Waals surface area contributed by atoms with Gasteiger partial charge in [-0.2, -0.15) is 0 Å². The second-order valence-electron chi connectivity index (χ2n) is 5.41. The van der Waals surface area contributed by atoms with Gasteiger partial charge in [0.15, 0.2) is 0 Å². The maximum atomic E-state index is 12.5. The van der Waals surface area contributed by atoms with Crippen molar-refractivity contribution in [2.75, 3.05) is 6.61 Å². The number of pyridine rings is 1. The molecule has 0 radical (unpaired) electrons. The number of aliphatic hydroxyl groups excluding tert-OH is 1. The summed E-state index contributed by atoms with van der Waals surface area (Å²) >= 11 is 0. The van der Waals surface area contributed by atoms with Gasteiger partial charge in [0.2, 0.25) is 0 Å². The van der Waals surface area contributed by atoms with Gasteiger partial charge in [-0.25, -0.2) is 4.98 Å². The van der Waals surface area contributed by atoms with Crippen LogP contribution < -0.4 is 5.32 Å². The molecule has 0 saturated carbocycles. The predicted molar refractivity (Wildman–Crippen MR) is 79.1 cm³/mol. The molecule has 0 aliphatic carbocycles. The van der Waals surface area contributed by atoms with Crippen LogP contribution in [0.4, 0.5) is 0 Å². The lowest BCUT2D eigenvalue weighted by atomic mass is 9.99. The lowest BCUT2D eigenvalue weighted by Crippen LogP contribution is -2.42. The monoisotopic (exact) mass is 291 g/mol. The summed E-state index contributed by atoms with van der Waals surface area (Å²) in [5.74, 6) is -0.0444. The van der Waals surface area contributed by atoms with Gasteiger partial charge in [-0.05, 0) is 25.8 Å². The maximum Gasteiger partial charge on any atom is 0.258 e. The summed E-state index contributed by atoms with van der Waals surface area (Å²) in [4.78, 5) is 16.8. The van der Waals surface area contributed by atoms with E-state index in [2.05, 4.69) is 15.5 Å². The molecule has 2 aromatic rings. The van der Waals surface area contributed by atoms with E-state index < -0.39 is 0 Å². The predicted octanol–water partition coefficient (Wildman–Crippen LogP) is 1.98. The first-order valence-corrected chi connectivity index (χ1v) is 7.13. The molecule has 2 rings (SSSR count). The Bertz CT molecular complexity index is 651. The third kappa shape index (κ3) is 3.05. The lowest BCUT2D eigenvalue weighted by Gasteiger charge is -2.22. The molecular weight excluding hydrogens is 270 g/mol. The van der Waals surface area contributed by atoms with E-state index in [1.54, 1.807) is 19.9 Å². The van der Waals surface area contributed by atoms with Gasteiger partial charge < -0.3 is 14.9 Å². The second kappa shape index (κ2) is 6.22. The molecule has 0 spiro atoms. The van der Waals surface area contributed by atoms with E-state index in [1.807, 2.05) is 13.8 Å². The van der Waals surface area contributed by atoms with E-state index in [-0.39, 0.29) is 24.5 Å². The van der Waals surface area contributed by atoms with Gasteiger partial charge in [-0.15, -0.1) is 0 Å². The minimum Gasteiger partial charge on any atom is -0.394 e. The number of rotatable bonds is 5. The van der Waals surface area contributed by atoms with Crippen LogP contribution in [0.1, 0.15) is 42.0 Å². The van der Waals surface area contributed by atoms with Crippen LogP contribution in [-0.2, 0) is 0 Å². The first-order valence-electron chi connectivity index (χ1n) is 7.13. The summed E-state index contributed by atoms with van der Waals surface area (Å²) in [6.07, 6.45) is 0.878. The average Bonchev–Trinajstić information content (AvgIpc) is 2.84. The Kier molecular flexibility index (Phi) is 4.57.